The molecular weight excluding hydrogens is 300 g/mol. The Morgan fingerprint density at radius 1 is 1.39 bits per heavy atom. The first kappa shape index (κ1) is 15.7. The van der Waals surface area contributed by atoms with Gasteiger partial charge in [-0.3, -0.25) is 14.4 Å². The van der Waals surface area contributed by atoms with E-state index >= 15 is 0 Å². The number of hydrogen-bond donors (Lipinski definition) is 0. The summed E-state index contributed by atoms with van der Waals surface area (Å²) < 4.78 is 12.5. The molecule has 0 N–H and O–H groups in total. The first-order chi connectivity index (χ1) is 11.0. The van der Waals surface area contributed by atoms with Gasteiger partial charge in [0.25, 0.3) is 5.91 Å². The molecule has 7 heteroatoms. The van der Waals surface area contributed by atoms with E-state index in [1.165, 1.54) is 20.2 Å². The highest BCUT2D eigenvalue weighted by Gasteiger charge is 2.43. The molecule has 0 bridgehead atoms. The Hall–Kier alpha value is -2.15. The van der Waals surface area contributed by atoms with E-state index in [0.29, 0.717) is 26.2 Å². The summed E-state index contributed by atoms with van der Waals surface area (Å²) in [7, 11) is 1.35. The molecule has 3 heterocycles. The predicted molar refractivity (Wildman–Crippen MR) is 82.2 cm³/mol. The number of likely N-dealkylation sites (N-methyl/N-ethyl adjacent to an activating group) is 1. The zero-order chi connectivity index (χ0) is 16.7. The molecule has 3 rings (SSSR count). The van der Waals surface area contributed by atoms with Crippen molar-refractivity contribution >= 4 is 11.7 Å². The number of Topliss-reactive ketones (excluding diaryl/α,β-unsaturated/α-hetero) is 1. The highest BCUT2D eigenvalue weighted by atomic mass is 16.5. The van der Waals surface area contributed by atoms with Crippen LogP contribution < -0.4 is 10.2 Å². The molecule has 0 saturated carbocycles. The van der Waals surface area contributed by atoms with E-state index in [1.54, 1.807) is 9.47 Å². The first-order valence-corrected chi connectivity index (χ1v) is 7.74. The molecule has 7 nitrogen and oxygen atoms in total. The summed E-state index contributed by atoms with van der Waals surface area (Å²) in [6.45, 7) is 4.79. The smallest absolute Gasteiger partial charge is 0.274 e. The van der Waals surface area contributed by atoms with Crippen LogP contribution in [0.5, 0.6) is 5.75 Å². The molecule has 0 unspecified atom stereocenters. The zero-order valence-electron chi connectivity index (χ0n) is 13.5. The van der Waals surface area contributed by atoms with Gasteiger partial charge < -0.3 is 18.9 Å². The Morgan fingerprint density at radius 3 is 2.74 bits per heavy atom. The summed E-state index contributed by atoms with van der Waals surface area (Å²) in [5.41, 5.74) is -0.248. The number of pyridine rings is 1. The fraction of sp³-hybridized carbons (Fsp3) is 0.562. The molecule has 2 atom stereocenters. The lowest BCUT2D eigenvalue weighted by atomic mass is 9.95. The lowest BCUT2D eigenvalue weighted by Crippen LogP contribution is -2.55. The fourth-order valence-electron chi connectivity index (χ4n) is 3.52. The maximum absolute atomic E-state index is 12.9. The van der Waals surface area contributed by atoms with Crippen LogP contribution in [0, 0.1) is 0 Å². The molecule has 2 aliphatic rings. The van der Waals surface area contributed by atoms with Gasteiger partial charge in [-0.2, -0.15) is 0 Å². The van der Waals surface area contributed by atoms with E-state index < -0.39 is 5.43 Å². The zero-order valence-corrected chi connectivity index (χ0v) is 13.5. The Morgan fingerprint density at radius 2 is 2.13 bits per heavy atom. The number of ether oxygens (including phenoxy) is 2. The van der Waals surface area contributed by atoms with Crippen molar-refractivity contribution in [2.45, 2.75) is 32.4 Å². The average Bonchev–Trinajstić information content (AvgIpc) is 2.54. The number of fused-ring (bicyclic) bond motifs is 3. The van der Waals surface area contributed by atoms with Crippen molar-refractivity contribution in [3.8, 4) is 5.75 Å². The molecule has 1 aromatic rings. The van der Waals surface area contributed by atoms with Crippen LogP contribution in [0.25, 0.3) is 0 Å². The van der Waals surface area contributed by atoms with Gasteiger partial charge in [-0.1, -0.05) is 0 Å². The second kappa shape index (κ2) is 5.81. The molecule has 124 valence electrons. The van der Waals surface area contributed by atoms with E-state index in [1.807, 2.05) is 6.92 Å². The lowest BCUT2D eigenvalue weighted by Gasteiger charge is -2.45. The number of methoxy groups -OCH3 is 1. The summed E-state index contributed by atoms with van der Waals surface area (Å²) in [6.07, 6.45) is 2.22. The number of amides is 1. The van der Waals surface area contributed by atoms with Crippen LogP contribution >= 0.6 is 0 Å². The molecular formula is C16H20N2O5. The highest BCUT2D eigenvalue weighted by Crippen LogP contribution is 2.35. The van der Waals surface area contributed by atoms with Crippen molar-refractivity contribution in [2.24, 2.45) is 0 Å². The van der Waals surface area contributed by atoms with Gasteiger partial charge in [-0.15, -0.1) is 0 Å². The van der Waals surface area contributed by atoms with Crippen LogP contribution in [-0.4, -0.2) is 54.1 Å². The monoisotopic (exact) mass is 320 g/mol. The molecule has 1 saturated heterocycles. The molecule has 0 spiro atoms. The van der Waals surface area contributed by atoms with Gasteiger partial charge in [-0.25, -0.2) is 0 Å². The minimum atomic E-state index is -0.527. The van der Waals surface area contributed by atoms with E-state index in [-0.39, 0.29) is 40.8 Å². The molecule has 23 heavy (non-hydrogen) atoms. The Labute approximate surface area is 133 Å². The van der Waals surface area contributed by atoms with E-state index in [4.69, 9.17) is 9.47 Å². The summed E-state index contributed by atoms with van der Waals surface area (Å²) in [5, 5.41) is 0. The maximum atomic E-state index is 12.9. The summed E-state index contributed by atoms with van der Waals surface area (Å²) >= 11 is 0. The van der Waals surface area contributed by atoms with Gasteiger partial charge in [0.2, 0.25) is 5.43 Å². The Kier molecular flexibility index (Phi) is 3.97. The normalized spacial score (nSPS) is 23.3. The van der Waals surface area contributed by atoms with Crippen molar-refractivity contribution in [2.75, 3.05) is 26.9 Å². The van der Waals surface area contributed by atoms with Crippen molar-refractivity contribution in [1.82, 2.24) is 9.47 Å². The SMILES string of the molecule is CCN1C(=O)c2c(OC)c(=O)c(C(C)=O)cn2[C@H]2CCOC[C@H]21. The van der Waals surface area contributed by atoms with Gasteiger partial charge >= 0.3 is 0 Å². The van der Waals surface area contributed by atoms with Gasteiger partial charge in [0, 0.05) is 19.3 Å². The standard InChI is InChI=1S/C16H20N2O5/c1-4-17-12-8-23-6-5-11(12)18-7-10(9(2)19)14(20)15(22-3)13(18)16(17)21/h7,11-12H,4-6,8H2,1-3H3/t11-,12+/m0/s1. The number of rotatable bonds is 3. The van der Waals surface area contributed by atoms with Crippen molar-refractivity contribution in [1.29, 1.82) is 0 Å². The van der Waals surface area contributed by atoms with Crippen molar-refractivity contribution in [3.63, 3.8) is 0 Å². The summed E-state index contributed by atoms with van der Waals surface area (Å²) in [5.74, 6) is -0.646. The number of nitrogens with zero attached hydrogens (tertiary/aromatic N) is 2. The third-order valence-corrected chi connectivity index (χ3v) is 4.63. The average molecular weight is 320 g/mol. The Bertz CT molecular complexity index is 724. The highest BCUT2D eigenvalue weighted by molar-refractivity contribution is 5.99. The quantitative estimate of drug-likeness (QED) is 0.772. The molecule has 2 aliphatic heterocycles. The molecule has 0 radical (unpaired) electrons. The largest absolute Gasteiger partial charge is 0.491 e. The topological polar surface area (TPSA) is 77.8 Å². The van der Waals surface area contributed by atoms with Crippen LogP contribution in [0.15, 0.2) is 11.0 Å². The summed E-state index contributed by atoms with van der Waals surface area (Å²) in [4.78, 5) is 38.8. The number of carbonyl (C=O) groups is 2. The number of hydrogen-bond acceptors (Lipinski definition) is 5. The molecule has 1 fully saturated rings. The minimum Gasteiger partial charge on any atom is -0.491 e. The number of ketones is 1. The third kappa shape index (κ3) is 2.26. The Balaban J connectivity index is 2.29. The van der Waals surface area contributed by atoms with Crippen LogP contribution in [-0.2, 0) is 4.74 Å². The lowest BCUT2D eigenvalue weighted by molar-refractivity contribution is -0.0176. The van der Waals surface area contributed by atoms with Crippen molar-refractivity contribution in [3.05, 3.63) is 27.7 Å². The van der Waals surface area contributed by atoms with Crippen LogP contribution in [0.2, 0.25) is 0 Å². The van der Waals surface area contributed by atoms with E-state index in [2.05, 4.69) is 0 Å². The van der Waals surface area contributed by atoms with Crippen LogP contribution in [0.3, 0.4) is 0 Å². The number of carbonyl (C=O) groups excluding carboxylic acids is 2. The first-order valence-electron chi connectivity index (χ1n) is 7.74. The molecule has 1 aromatic heterocycles. The predicted octanol–water partition coefficient (Wildman–Crippen LogP) is 0.865. The van der Waals surface area contributed by atoms with Gasteiger partial charge in [0.1, 0.15) is 0 Å². The van der Waals surface area contributed by atoms with E-state index in [0.717, 1.165) is 0 Å². The summed E-state index contributed by atoms with van der Waals surface area (Å²) in [6, 6.07) is -0.121. The number of aromatic nitrogens is 1. The molecule has 0 aliphatic carbocycles. The fourth-order valence-corrected chi connectivity index (χ4v) is 3.52. The van der Waals surface area contributed by atoms with Crippen LogP contribution in [0.4, 0.5) is 0 Å². The van der Waals surface area contributed by atoms with Crippen LogP contribution in [0.1, 0.15) is 47.2 Å². The van der Waals surface area contributed by atoms with Gasteiger partial charge in [-0.05, 0) is 20.3 Å². The van der Waals surface area contributed by atoms with E-state index in [9.17, 15) is 14.4 Å². The van der Waals surface area contributed by atoms with Gasteiger partial charge in [0.15, 0.2) is 17.2 Å². The third-order valence-electron chi connectivity index (χ3n) is 4.63. The maximum Gasteiger partial charge on any atom is 0.274 e. The second-order valence-electron chi connectivity index (χ2n) is 5.81. The minimum absolute atomic E-state index is 0.0241. The van der Waals surface area contributed by atoms with Crippen molar-refractivity contribution < 1.29 is 19.1 Å². The molecule has 0 aromatic carbocycles. The van der Waals surface area contributed by atoms with Gasteiger partial charge in [0.05, 0.1) is 31.4 Å². The second-order valence-corrected chi connectivity index (χ2v) is 5.81. The molecule has 1 amide bonds.